The molecule has 0 unspecified atom stereocenters. The van der Waals surface area contributed by atoms with E-state index in [-0.39, 0.29) is 11.5 Å². The molecule has 0 aliphatic heterocycles. The molecule has 0 bridgehead atoms. The van der Waals surface area contributed by atoms with Crippen molar-refractivity contribution < 1.29 is 4.79 Å². The summed E-state index contributed by atoms with van der Waals surface area (Å²) in [5, 5.41) is 9.41. The molecule has 1 amide bonds. The maximum atomic E-state index is 14.2. The zero-order valence-corrected chi connectivity index (χ0v) is 22.0. The molecule has 1 atom stereocenters. The van der Waals surface area contributed by atoms with Crippen LogP contribution in [0.15, 0.2) is 108 Å². The average molecular weight is 524 g/mol. The Balaban J connectivity index is 1.47. The summed E-state index contributed by atoms with van der Waals surface area (Å²) in [6.07, 6.45) is 5.19. The number of hydrogen-bond acceptors (Lipinski definition) is 4. The zero-order valence-electron chi connectivity index (χ0n) is 22.0. The van der Waals surface area contributed by atoms with Gasteiger partial charge in [0.1, 0.15) is 0 Å². The highest BCUT2D eigenvalue weighted by Gasteiger charge is 2.21. The molecule has 0 saturated carbocycles. The van der Waals surface area contributed by atoms with Crippen LogP contribution < -0.4 is 10.9 Å². The van der Waals surface area contributed by atoms with Crippen LogP contribution in [-0.2, 0) is 7.05 Å². The molecule has 0 radical (unpaired) electrons. The predicted molar refractivity (Wildman–Crippen MR) is 156 cm³/mol. The number of carbonyl (C=O) groups is 1. The highest BCUT2D eigenvalue weighted by molar-refractivity contribution is 6.05. The summed E-state index contributed by atoms with van der Waals surface area (Å²) in [4.78, 5) is 32.0. The number of amides is 1. The lowest BCUT2D eigenvalue weighted by Gasteiger charge is -2.21. The van der Waals surface area contributed by atoms with Crippen LogP contribution in [0.1, 0.15) is 40.1 Å². The number of fused-ring (bicyclic) bond motifs is 2. The molecular weight excluding hydrogens is 498 g/mol. The molecule has 0 spiro atoms. The van der Waals surface area contributed by atoms with Gasteiger partial charge in [-0.1, -0.05) is 60.4 Å². The first-order valence-electron chi connectivity index (χ1n) is 12.9. The summed E-state index contributed by atoms with van der Waals surface area (Å²) in [6.45, 7) is 1.88. The second-order valence-electron chi connectivity index (χ2n) is 9.54. The second-order valence-corrected chi connectivity index (χ2v) is 9.54. The van der Waals surface area contributed by atoms with E-state index in [1.807, 2.05) is 99.0 Å². The Kier molecular flexibility index (Phi) is 6.43. The van der Waals surface area contributed by atoms with Gasteiger partial charge in [-0.2, -0.15) is 5.10 Å². The molecule has 3 heterocycles. The molecule has 0 fully saturated rings. The molecule has 3 aromatic heterocycles. The molecule has 6 aromatic rings. The van der Waals surface area contributed by atoms with Crippen LogP contribution >= 0.6 is 0 Å². The normalized spacial score (nSPS) is 11.7. The van der Waals surface area contributed by atoms with Crippen LogP contribution in [0.5, 0.6) is 0 Å². The summed E-state index contributed by atoms with van der Waals surface area (Å²) in [7, 11) is 1.83. The summed E-state index contributed by atoms with van der Waals surface area (Å²) in [6, 6.07) is 25.8. The smallest absolute Gasteiger partial charge is 0.264 e. The van der Waals surface area contributed by atoms with E-state index >= 15 is 0 Å². The number of carbonyl (C=O) groups excluding carboxylic acids is 1. The van der Waals surface area contributed by atoms with E-state index in [0.717, 1.165) is 16.3 Å². The third kappa shape index (κ3) is 4.63. The van der Waals surface area contributed by atoms with E-state index in [1.165, 1.54) is 0 Å². The van der Waals surface area contributed by atoms with E-state index in [0.29, 0.717) is 33.4 Å². The number of pyridine rings is 2. The van der Waals surface area contributed by atoms with Crippen molar-refractivity contribution in [2.45, 2.75) is 13.0 Å². The third-order valence-corrected chi connectivity index (χ3v) is 6.80. The van der Waals surface area contributed by atoms with Gasteiger partial charge in [0.05, 0.1) is 34.3 Å². The fraction of sp³-hybridized carbons (Fsp3) is 0.0909. The molecule has 7 nitrogen and oxygen atoms in total. The second kappa shape index (κ2) is 10.4. The van der Waals surface area contributed by atoms with E-state index in [1.54, 1.807) is 27.7 Å². The largest absolute Gasteiger partial charge is 0.344 e. The Labute approximate surface area is 230 Å². The number of aromatic nitrogens is 4. The Bertz CT molecular complexity index is 2010. The molecule has 0 aliphatic rings. The number of para-hydroxylation sites is 2. The van der Waals surface area contributed by atoms with Crippen molar-refractivity contribution in [1.82, 2.24) is 24.6 Å². The first-order chi connectivity index (χ1) is 19.5. The zero-order chi connectivity index (χ0) is 27.6. The molecule has 40 heavy (non-hydrogen) atoms. The van der Waals surface area contributed by atoms with Crippen molar-refractivity contribution in [2.75, 3.05) is 0 Å². The maximum absolute atomic E-state index is 14.2. The lowest BCUT2D eigenvalue weighted by molar-refractivity contribution is 0.0940. The van der Waals surface area contributed by atoms with E-state index in [9.17, 15) is 9.59 Å². The standard InChI is InChI=1S/C33H25N5O2/c1-22(36-32(39)28-15-7-10-25-12-8-18-34-31(25)28)29-19-26-11-6-9-24(17-16-23-20-35-37(2)21-23)30(26)33(40)38(29)27-13-4-3-5-14-27/h3-15,18-22H,1-2H3,(H,36,39)/t22-/m1/s1. The highest BCUT2D eigenvalue weighted by atomic mass is 16.2. The van der Waals surface area contributed by atoms with E-state index in [2.05, 4.69) is 27.2 Å². The van der Waals surface area contributed by atoms with Crippen molar-refractivity contribution in [3.63, 3.8) is 0 Å². The van der Waals surface area contributed by atoms with Crippen LogP contribution in [0.3, 0.4) is 0 Å². The number of hydrogen-bond donors (Lipinski definition) is 1. The van der Waals surface area contributed by atoms with Crippen LogP contribution in [-0.4, -0.2) is 25.2 Å². The lowest BCUT2D eigenvalue weighted by atomic mass is 10.0. The third-order valence-electron chi connectivity index (χ3n) is 6.80. The summed E-state index contributed by atoms with van der Waals surface area (Å²) in [5.41, 5.74) is 3.65. The summed E-state index contributed by atoms with van der Waals surface area (Å²) >= 11 is 0. The number of nitrogens with one attached hydrogen (secondary N) is 1. The first-order valence-corrected chi connectivity index (χ1v) is 12.9. The minimum atomic E-state index is -0.492. The molecule has 1 N–H and O–H groups in total. The number of rotatable bonds is 4. The van der Waals surface area contributed by atoms with E-state index < -0.39 is 6.04 Å². The van der Waals surface area contributed by atoms with Gasteiger partial charge < -0.3 is 5.32 Å². The minimum Gasteiger partial charge on any atom is -0.344 e. The average Bonchev–Trinajstić information content (AvgIpc) is 3.40. The topological polar surface area (TPSA) is 81.8 Å². The van der Waals surface area contributed by atoms with Crippen LogP contribution in [0.4, 0.5) is 0 Å². The van der Waals surface area contributed by atoms with Gasteiger partial charge in [-0.15, -0.1) is 0 Å². The van der Waals surface area contributed by atoms with Crippen LogP contribution in [0.2, 0.25) is 0 Å². The van der Waals surface area contributed by atoms with Gasteiger partial charge in [0.15, 0.2) is 0 Å². The lowest BCUT2D eigenvalue weighted by Crippen LogP contribution is -2.32. The number of benzene rings is 3. The Hall–Kier alpha value is -5.48. The fourth-order valence-electron chi connectivity index (χ4n) is 4.91. The van der Waals surface area contributed by atoms with Crippen molar-refractivity contribution in [2.24, 2.45) is 7.05 Å². The fourth-order valence-corrected chi connectivity index (χ4v) is 4.91. The van der Waals surface area contributed by atoms with Gasteiger partial charge in [0.25, 0.3) is 11.5 Å². The molecule has 3 aromatic carbocycles. The number of aryl methyl sites for hydroxylation is 1. The minimum absolute atomic E-state index is 0.206. The first kappa shape index (κ1) is 24.8. The summed E-state index contributed by atoms with van der Waals surface area (Å²) < 4.78 is 3.34. The summed E-state index contributed by atoms with van der Waals surface area (Å²) in [5.74, 6) is 6.01. The Morgan fingerprint density at radius 2 is 1.70 bits per heavy atom. The quantitative estimate of drug-likeness (QED) is 0.324. The van der Waals surface area contributed by atoms with Crippen LogP contribution in [0.25, 0.3) is 27.4 Å². The van der Waals surface area contributed by atoms with Gasteiger partial charge in [0, 0.05) is 41.8 Å². The number of nitrogens with zero attached hydrogens (tertiary/aromatic N) is 4. The highest BCUT2D eigenvalue weighted by Crippen LogP contribution is 2.24. The van der Waals surface area contributed by atoms with Gasteiger partial charge in [-0.25, -0.2) is 0 Å². The molecule has 0 saturated heterocycles. The van der Waals surface area contributed by atoms with Crippen molar-refractivity contribution >= 4 is 27.6 Å². The van der Waals surface area contributed by atoms with Gasteiger partial charge in [-0.05, 0) is 48.7 Å². The molecule has 6 rings (SSSR count). The maximum Gasteiger partial charge on any atom is 0.264 e. The van der Waals surface area contributed by atoms with Gasteiger partial charge in [-0.3, -0.25) is 23.8 Å². The molecule has 7 heteroatoms. The van der Waals surface area contributed by atoms with Crippen molar-refractivity contribution in [3.05, 3.63) is 136 Å². The van der Waals surface area contributed by atoms with Crippen LogP contribution in [0, 0.1) is 11.8 Å². The van der Waals surface area contributed by atoms with Gasteiger partial charge in [0.2, 0.25) is 0 Å². The van der Waals surface area contributed by atoms with E-state index in [4.69, 9.17) is 0 Å². The van der Waals surface area contributed by atoms with Gasteiger partial charge >= 0.3 is 0 Å². The molecule has 0 aliphatic carbocycles. The van der Waals surface area contributed by atoms with Crippen molar-refractivity contribution in [1.29, 1.82) is 0 Å². The Morgan fingerprint density at radius 1 is 0.925 bits per heavy atom. The predicted octanol–water partition coefficient (Wildman–Crippen LogP) is 5.16. The SMILES string of the molecule is C[C@@H](NC(=O)c1cccc2cccnc12)c1cc2cccc(C#Cc3cnn(C)c3)c2c(=O)n1-c1ccccc1. The molecule has 194 valence electrons. The monoisotopic (exact) mass is 523 g/mol. The Morgan fingerprint density at radius 3 is 2.50 bits per heavy atom. The van der Waals surface area contributed by atoms with Crippen molar-refractivity contribution in [3.8, 4) is 17.5 Å². The molecular formula is C33H25N5O2.